The van der Waals surface area contributed by atoms with E-state index < -0.39 is 23.5 Å². The largest absolute Gasteiger partial charge is 0.446 e. The molecule has 0 amide bonds. The molecule has 12 heteroatoms. The van der Waals surface area contributed by atoms with Crippen LogP contribution in [0.25, 0.3) is 10.2 Å². The number of rotatable bonds is 9. The van der Waals surface area contributed by atoms with E-state index in [0.29, 0.717) is 17.5 Å². The van der Waals surface area contributed by atoms with E-state index in [2.05, 4.69) is 4.74 Å². The van der Waals surface area contributed by atoms with Gasteiger partial charge in [0.2, 0.25) is 0 Å². The number of alkyl halides is 2. The Morgan fingerprint density at radius 2 is 1.81 bits per heavy atom. The van der Waals surface area contributed by atoms with E-state index >= 15 is 0 Å². The van der Waals surface area contributed by atoms with Crippen molar-refractivity contribution in [2.45, 2.75) is 32.1 Å². The van der Waals surface area contributed by atoms with Crippen molar-refractivity contribution >= 4 is 33.2 Å². The number of ether oxygens (including phenoxy) is 2. The molecule has 0 saturated carbocycles. The Bertz CT molecular complexity index is 1540. The molecule has 4 rings (SSSR count). The van der Waals surface area contributed by atoms with Crippen molar-refractivity contribution in [2.75, 3.05) is 6.61 Å². The van der Waals surface area contributed by atoms with E-state index in [9.17, 15) is 28.6 Å². The first-order chi connectivity index (χ1) is 17.5. The van der Waals surface area contributed by atoms with Gasteiger partial charge in [-0.2, -0.15) is 8.78 Å². The average Bonchev–Trinajstić information content (AvgIpc) is 3.21. The van der Waals surface area contributed by atoms with Gasteiger partial charge in [-0.15, -0.1) is 0 Å². The molecule has 0 radical (unpaired) electrons. The fourth-order valence-corrected chi connectivity index (χ4v) is 5.10. The highest BCUT2D eigenvalue weighted by molar-refractivity contribution is 7.20. The highest BCUT2D eigenvalue weighted by atomic mass is 35.5. The van der Waals surface area contributed by atoms with Gasteiger partial charge in [0.25, 0.3) is 5.56 Å². The molecular weight excluding hydrogens is 530 g/mol. The van der Waals surface area contributed by atoms with E-state index in [0.717, 1.165) is 15.9 Å². The van der Waals surface area contributed by atoms with E-state index in [1.54, 1.807) is 24.3 Å². The third kappa shape index (κ3) is 5.69. The lowest BCUT2D eigenvalue weighted by atomic mass is 10.0. The molecule has 0 saturated heterocycles. The Morgan fingerprint density at radius 3 is 2.46 bits per heavy atom. The summed E-state index contributed by atoms with van der Waals surface area (Å²) in [6.45, 7) is 0.363. The van der Waals surface area contributed by atoms with Gasteiger partial charge in [-0.25, -0.2) is 4.79 Å². The maximum absolute atomic E-state index is 13.5. The van der Waals surface area contributed by atoms with Crippen LogP contribution in [0.15, 0.2) is 58.1 Å². The molecule has 0 fully saturated rings. The van der Waals surface area contributed by atoms with Crippen molar-refractivity contribution in [2.24, 2.45) is 7.05 Å². The van der Waals surface area contributed by atoms with Gasteiger partial charge in [-0.05, 0) is 36.2 Å². The summed E-state index contributed by atoms with van der Waals surface area (Å²) in [5, 5.41) is 21.2. The van der Waals surface area contributed by atoms with E-state index in [4.69, 9.17) is 16.3 Å². The van der Waals surface area contributed by atoms with Crippen molar-refractivity contribution in [3.63, 3.8) is 0 Å². The molecule has 0 spiro atoms. The van der Waals surface area contributed by atoms with Crippen LogP contribution in [0.4, 0.5) is 8.78 Å². The van der Waals surface area contributed by atoms with Gasteiger partial charge in [-0.3, -0.25) is 13.9 Å². The lowest BCUT2D eigenvalue weighted by Crippen LogP contribution is -2.39. The quantitative estimate of drug-likeness (QED) is 0.313. The van der Waals surface area contributed by atoms with Gasteiger partial charge < -0.3 is 19.7 Å². The van der Waals surface area contributed by atoms with Crippen LogP contribution in [0.2, 0.25) is 5.02 Å². The minimum atomic E-state index is -3.41. The summed E-state index contributed by atoms with van der Waals surface area (Å²) >= 11 is 6.94. The second-order valence-electron chi connectivity index (χ2n) is 8.30. The van der Waals surface area contributed by atoms with Gasteiger partial charge >= 0.3 is 11.8 Å². The van der Waals surface area contributed by atoms with Crippen molar-refractivity contribution in [3.8, 4) is 16.6 Å². The molecule has 1 unspecified atom stereocenters. The molecule has 4 aromatic rings. The number of halogens is 3. The normalized spacial score (nSPS) is 12.6. The lowest BCUT2D eigenvalue weighted by molar-refractivity contribution is -0.158. The number of hydrogen-bond donors (Lipinski definition) is 2. The van der Waals surface area contributed by atoms with Crippen LogP contribution in [-0.4, -0.2) is 32.1 Å². The molecule has 1 atom stereocenters. The molecule has 2 aromatic heterocycles. The molecule has 196 valence electrons. The number of aliphatic hydroxyl groups excluding tert-OH is 2. The average molecular weight is 553 g/mol. The Kier molecular flexibility index (Phi) is 7.69. The highest BCUT2D eigenvalue weighted by Crippen LogP contribution is 2.44. The van der Waals surface area contributed by atoms with Crippen LogP contribution < -0.4 is 20.7 Å². The number of fused-ring (bicyclic) bond motifs is 1. The molecule has 2 heterocycles. The fourth-order valence-electron chi connectivity index (χ4n) is 3.82. The maximum Gasteiger partial charge on any atom is 0.394 e. The SMILES string of the molecule is Cn1c(=O)n(CCCO)c(=O)c2c(C(O)c3ccc(Cl)cc3)c(Oc3cccc(OC(C)(F)F)c3)sc21. The third-order valence-corrected chi connectivity index (χ3v) is 6.90. The molecular formula is C25H23ClF2N2O6S. The summed E-state index contributed by atoms with van der Waals surface area (Å²) < 4.78 is 39.6. The van der Waals surface area contributed by atoms with Crippen molar-refractivity contribution in [1.29, 1.82) is 0 Å². The van der Waals surface area contributed by atoms with E-state index in [1.807, 2.05) is 0 Å². The lowest BCUT2D eigenvalue weighted by Gasteiger charge is -2.16. The molecule has 37 heavy (non-hydrogen) atoms. The predicted molar refractivity (Wildman–Crippen MR) is 136 cm³/mol. The molecule has 0 bridgehead atoms. The standard InChI is InChI=1S/C25H23ClF2N2O6S/c1-25(27,28)36-17-6-3-5-16(13-17)35-23-18(20(32)14-7-9-15(26)10-8-14)19-21(33)30(11-4-12-31)24(34)29(2)22(19)37-23/h3,5-10,13,20,31-32H,4,11-12H2,1-2H3. The van der Waals surface area contributed by atoms with Gasteiger partial charge in [0, 0.05) is 38.2 Å². The summed E-state index contributed by atoms with van der Waals surface area (Å²) in [6.07, 6.45) is -4.58. The van der Waals surface area contributed by atoms with Crippen LogP contribution in [0, 0.1) is 0 Å². The first kappa shape index (κ1) is 26.8. The summed E-state index contributed by atoms with van der Waals surface area (Å²) in [7, 11) is 1.48. The summed E-state index contributed by atoms with van der Waals surface area (Å²) in [6, 6.07) is 11.9. The smallest absolute Gasteiger partial charge is 0.394 e. The zero-order valence-electron chi connectivity index (χ0n) is 19.8. The number of aliphatic hydroxyl groups is 2. The van der Waals surface area contributed by atoms with Crippen LogP contribution in [0.3, 0.4) is 0 Å². The molecule has 2 N–H and O–H groups in total. The summed E-state index contributed by atoms with van der Waals surface area (Å²) in [5.41, 5.74) is -0.727. The number of thiophene rings is 1. The maximum atomic E-state index is 13.5. The first-order valence-electron chi connectivity index (χ1n) is 11.2. The summed E-state index contributed by atoms with van der Waals surface area (Å²) in [5.74, 6) is -0.0341. The third-order valence-electron chi connectivity index (χ3n) is 5.49. The predicted octanol–water partition coefficient (Wildman–Crippen LogP) is 4.66. The fraction of sp³-hybridized carbons (Fsp3) is 0.280. The van der Waals surface area contributed by atoms with Crippen molar-refractivity contribution < 1.29 is 28.5 Å². The van der Waals surface area contributed by atoms with Gasteiger partial charge in [-0.1, -0.05) is 41.1 Å². The molecule has 0 aliphatic rings. The minimum Gasteiger partial charge on any atom is -0.446 e. The zero-order valence-corrected chi connectivity index (χ0v) is 21.4. The molecule has 0 aliphatic carbocycles. The Hall–Kier alpha value is -3.25. The van der Waals surface area contributed by atoms with E-state index in [1.165, 1.54) is 35.9 Å². The second-order valence-corrected chi connectivity index (χ2v) is 9.70. The van der Waals surface area contributed by atoms with Crippen LogP contribution >= 0.6 is 22.9 Å². The van der Waals surface area contributed by atoms with E-state index in [-0.39, 0.29) is 51.9 Å². The molecule has 8 nitrogen and oxygen atoms in total. The van der Waals surface area contributed by atoms with Crippen LogP contribution in [-0.2, 0) is 13.6 Å². The minimum absolute atomic E-state index is 0.0227. The number of aromatic nitrogens is 2. The zero-order chi connectivity index (χ0) is 26.9. The van der Waals surface area contributed by atoms with Gasteiger partial charge in [0.15, 0.2) is 5.06 Å². The monoisotopic (exact) mass is 552 g/mol. The first-order valence-corrected chi connectivity index (χ1v) is 12.3. The molecule has 2 aromatic carbocycles. The van der Waals surface area contributed by atoms with Crippen molar-refractivity contribution in [1.82, 2.24) is 9.13 Å². The highest BCUT2D eigenvalue weighted by Gasteiger charge is 2.28. The topological polar surface area (TPSA) is 103 Å². The van der Waals surface area contributed by atoms with Gasteiger partial charge in [0.1, 0.15) is 22.4 Å². The van der Waals surface area contributed by atoms with Gasteiger partial charge in [0.05, 0.1) is 10.9 Å². The Labute approximate surface area is 218 Å². The van der Waals surface area contributed by atoms with Crippen molar-refractivity contribution in [3.05, 3.63) is 85.5 Å². The molecule has 0 aliphatic heterocycles. The summed E-state index contributed by atoms with van der Waals surface area (Å²) in [4.78, 5) is 26.6. The number of benzene rings is 2. The number of aryl methyl sites for hydroxylation is 1. The second kappa shape index (κ2) is 10.6. The number of nitrogens with zero attached hydrogens (tertiary/aromatic N) is 2. The number of hydrogen-bond acceptors (Lipinski definition) is 7. The van der Waals surface area contributed by atoms with Crippen LogP contribution in [0.1, 0.15) is 30.6 Å². The Balaban J connectivity index is 1.92. The Morgan fingerprint density at radius 1 is 1.14 bits per heavy atom. The van der Waals surface area contributed by atoms with Crippen LogP contribution in [0.5, 0.6) is 16.6 Å².